The summed E-state index contributed by atoms with van der Waals surface area (Å²) in [4.78, 5) is 15.3. The van der Waals surface area contributed by atoms with Gasteiger partial charge in [-0.3, -0.25) is 9.69 Å². The van der Waals surface area contributed by atoms with E-state index in [4.69, 9.17) is 4.74 Å². The highest BCUT2D eigenvalue weighted by Gasteiger charge is 2.52. The Morgan fingerprint density at radius 3 is 2.12 bits per heavy atom. The number of hydrogen-bond acceptors (Lipinski definition) is 3. The fourth-order valence-corrected chi connectivity index (χ4v) is 6.98. The maximum atomic E-state index is 13.3. The first-order chi connectivity index (χ1) is 10.8. The maximum Gasteiger partial charge on any atom is 0.284 e. The van der Waals surface area contributed by atoms with Crippen LogP contribution >= 0.6 is 11.8 Å². The van der Waals surface area contributed by atoms with Crippen LogP contribution in [0.15, 0.2) is 30.3 Å². The van der Waals surface area contributed by atoms with Crippen LogP contribution < -0.4 is 0 Å². The quantitative estimate of drug-likeness (QED) is 0.664. The predicted molar refractivity (Wildman–Crippen MR) is 106 cm³/mol. The van der Waals surface area contributed by atoms with Gasteiger partial charge in [0.05, 0.1) is 20.2 Å². The molecule has 1 aliphatic heterocycles. The molecule has 0 bridgehead atoms. The molecular weight excluding hydrogens is 334 g/mol. The van der Waals surface area contributed by atoms with Crippen LogP contribution in [0.4, 0.5) is 4.79 Å². The van der Waals surface area contributed by atoms with Crippen molar-refractivity contribution in [3.8, 4) is 0 Å². The van der Waals surface area contributed by atoms with E-state index < -0.39 is 13.8 Å². The van der Waals surface area contributed by atoms with Gasteiger partial charge in [-0.15, -0.1) is 0 Å². The summed E-state index contributed by atoms with van der Waals surface area (Å²) in [5, 5.41) is 0.108. The SMILES string of the molecule is CC1(C)COC(C)(C)N1C(=O)S[C@](C)(c1ccccc1)[Si](C)(C)C. The van der Waals surface area contributed by atoms with Gasteiger partial charge >= 0.3 is 0 Å². The minimum atomic E-state index is -1.68. The van der Waals surface area contributed by atoms with Gasteiger partial charge in [0.25, 0.3) is 5.24 Å². The lowest BCUT2D eigenvalue weighted by Gasteiger charge is -2.44. The molecule has 1 amide bonds. The number of ether oxygens (including phenoxy) is 1. The summed E-state index contributed by atoms with van der Waals surface area (Å²) in [5.41, 5.74) is 0.383. The Balaban J connectivity index is 2.40. The molecule has 1 atom stereocenters. The van der Waals surface area contributed by atoms with Crippen LogP contribution in [0.3, 0.4) is 0 Å². The Hall–Kier alpha value is -0.783. The van der Waals surface area contributed by atoms with Crippen LogP contribution in [0.5, 0.6) is 0 Å². The molecule has 0 aromatic heterocycles. The third kappa shape index (κ3) is 3.44. The second-order valence-corrected chi connectivity index (χ2v) is 16.1. The average Bonchev–Trinajstić information content (AvgIpc) is 2.67. The monoisotopic (exact) mass is 365 g/mol. The number of carbonyl (C=O) groups is 1. The smallest absolute Gasteiger partial charge is 0.284 e. The Kier molecular flexibility index (Phi) is 5.03. The van der Waals surface area contributed by atoms with E-state index in [9.17, 15) is 4.79 Å². The van der Waals surface area contributed by atoms with E-state index >= 15 is 0 Å². The van der Waals surface area contributed by atoms with Gasteiger partial charge in [-0.05, 0) is 40.2 Å². The zero-order chi connectivity index (χ0) is 18.4. The van der Waals surface area contributed by atoms with E-state index in [0.717, 1.165) is 0 Å². The summed E-state index contributed by atoms with van der Waals surface area (Å²) in [7, 11) is -1.68. The summed E-state index contributed by atoms with van der Waals surface area (Å²) in [6.45, 7) is 17.9. The molecule has 24 heavy (non-hydrogen) atoms. The van der Waals surface area contributed by atoms with Gasteiger partial charge in [0.1, 0.15) is 5.72 Å². The number of benzene rings is 1. The van der Waals surface area contributed by atoms with Crippen LogP contribution in [0.2, 0.25) is 19.6 Å². The van der Waals surface area contributed by atoms with E-state index in [1.807, 2.05) is 24.8 Å². The van der Waals surface area contributed by atoms with E-state index in [1.54, 1.807) is 0 Å². The molecule has 2 rings (SSSR count). The lowest BCUT2D eigenvalue weighted by Crippen LogP contribution is -2.54. The standard InChI is InChI=1S/C19H31NO2SSi/c1-17(2)14-22-18(3,4)20(17)16(21)23-19(5,24(6,7)8)15-12-10-9-11-13-15/h9-13H,14H2,1-8H3/t19-/m0/s1. The van der Waals surface area contributed by atoms with Crippen LogP contribution in [-0.2, 0) is 9.11 Å². The third-order valence-corrected chi connectivity index (χ3v) is 11.4. The summed E-state index contributed by atoms with van der Waals surface area (Å²) in [5.74, 6) is 0. The van der Waals surface area contributed by atoms with Crippen molar-refractivity contribution in [3.63, 3.8) is 0 Å². The van der Waals surface area contributed by atoms with Gasteiger partial charge in [-0.2, -0.15) is 0 Å². The van der Waals surface area contributed by atoms with Crippen molar-refractivity contribution in [2.45, 2.75) is 69.9 Å². The number of hydrogen-bond donors (Lipinski definition) is 0. The zero-order valence-corrected chi connectivity index (χ0v) is 18.1. The van der Waals surface area contributed by atoms with E-state index in [1.165, 1.54) is 17.3 Å². The van der Waals surface area contributed by atoms with Crippen molar-refractivity contribution in [2.75, 3.05) is 6.61 Å². The molecule has 0 saturated carbocycles. The molecule has 0 radical (unpaired) electrons. The van der Waals surface area contributed by atoms with Gasteiger partial charge in [0.15, 0.2) is 0 Å². The molecule has 1 saturated heterocycles. The molecule has 3 nitrogen and oxygen atoms in total. The highest BCUT2D eigenvalue weighted by atomic mass is 32.2. The Morgan fingerprint density at radius 2 is 1.71 bits per heavy atom. The summed E-state index contributed by atoms with van der Waals surface area (Å²) in [6, 6.07) is 10.4. The summed E-state index contributed by atoms with van der Waals surface area (Å²) in [6.07, 6.45) is 0. The second-order valence-electron chi connectivity index (χ2n) is 8.90. The topological polar surface area (TPSA) is 29.5 Å². The van der Waals surface area contributed by atoms with Crippen LogP contribution in [0.25, 0.3) is 0 Å². The zero-order valence-electron chi connectivity index (χ0n) is 16.3. The number of nitrogens with zero attached hydrogens (tertiary/aromatic N) is 1. The maximum absolute atomic E-state index is 13.3. The highest BCUT2D eigenvalue weighted by Crippen LogP contribution is 2.48. The molecule has 1 fully saturated rings. The van der Waals surface area contributed by atoms with Gasteiger partial charge in [-0.1, -0.05) is 61.7 Å². The number of rotatable bonds is 3. The van der Waals surface area contributed by atoms with E-state index in [2.05, 4.69) is 64.7 Å². The number of carbonyl (C=O) groups excluding carboxylic acids is 1. The number of thioether (sulfide) groups is 1. The van der Waals surface area contributed by atoms with Crippen molar-refractivity contribution in [1.82, 2.24) is 4.90 Å². The third-order valence-electron chi connectivity index (χ3n) is 5.15. The molecule has 0 aliphatic carbocycles. The van der Waals surface area contributed by atoms with Crippen molar-refractivity contribution < 1.29 is 9.53 Å². The van der Waals surface area contributed by atoms with E-state index in [-0.39, 0.29) is 15.1 Å². The fourth-order valence-electron chi connectivity index (χ4n) is 3.30. The lowest BCUT2D eigenvalue weighted by atomic mass is 10.1. The van der Waals surface area contributed by atoms with Crippen molar-refractivity contribution >= 4 is 25.1 Å². The molecule has 0 N–H and O–H groups in total. The van der Waals surface area contributed by atoms with Gasteiger partial charge in [0.2, 0.25) is 0 Å². The molecule has 1 aromatic carbocycles. The van der Waals surface area contributed by atoms with Gasteiger partial charge < -0.3 is 4.74 Å². The van der Waals surface area contributed by atoms with Gasteiger partial charge in [0, 0.05) is 4.37 Å². The Bertz CT molecular complexity index is 594. The first-order valence-corrected chi connectivity index (χ1v) is 12.9. The van der Waals surface area contributed by atoms with E-state index in [0.29, 0.717) is 6.61 Å². The highest BCUT2D eigenvalue weighted by molar-refractivity contribution is 8.15. The van der Waals surface area contributed by atoms with Crippen LogP contribution in [0.1, 0.15) is 40.2 Å². The van der Waals surface area contributed by atoms with Crippen molar-refractivity contribution in [1.29, 1.82) is 0 Å². The summed E-state index contributed by atoms with van der Waals surface area (Å²) < 4.78 is 5.70. The molecule has 1 aromatic rings. The van der Waals surface area contributed by atoms with Crippen LogP contribution in [-0.4, -0.2) is 36.1 Å². The minimum Gasteiger partial charge on any atom is -0.354 e. The molecular formula is C19H31NO2SSi. The van der Waals surface area contributed by atoms with Crippen molar-refractivity contribution in [2.24, 2.45) is 0 Å². The molecule has 134 valence electrons. The molecule has 1 aliphatic rings. The molecule has 5 heteroatoms. The normalized spacial score (nSPS) is 22.2. The Labute approximate surface area is 152 Å². The first kappa shape index (κ1) is 19.5. The average molecular weight is 366 g/mol. The van der Waals surface area contributed by atoms with Crippen molar-refractivity contribution in [3.05, 3.63) is 35.9 Å². The predicted octanol–water partition coefficient (Wildman–Crippen LogP) is 5.48. The molecule has 0 unspecified atom stereocenters. The second kappa shape index (κ2) is 6.18. The van der Waals surface area contributed by atoms with Gasteiger partial charge in [-0.25, -0.2) is 0 Å². The first-order valence-electron chi connectivity index (χ1n) is 8.54. The van der Waals surface area contributed by atoms with Crippen LogP contribution in [0, 0.1) is 0 Å². The molecule has 1 heterocycles. The Morgan fingerprint density at radius 1 is 1.17 bits per heavy atom. The summed E-state index contributed by atoms with van der Waals surface area (Å²) >= 11 is 1.48. The lowest BCUT2D eigenvalue weighted by molar-refractivity contribution is -0.0298. The minimum absolute atomic E-state index is 0.108. The molecule has 0 spiro atoms. The largest absolute Gasteiger partial charge is 0.354 e. The number of amides is 1. The fraction of sp³-hybridized carbons (Fsp3) is 0.632.